The summed E-state index contributed by atoms with van der Waals surface area (Å²) in [6.45, 7) is 4.12. The maximum absolute atomic E-state index is 14.2. The van der Waals surface area contributed by atoms with Gasteiger partial charge in [0.15, 0.2) is 11.4 Å². The Morgan fingerprint density at radius 1 is 1.17 bits per heavy atom. The largest absolute Gasteiger partial charge is 0.483 e. The van der Waals surface area contributed by atoms with Crippen molar-refractivity contribution in [2.45, 2.75) is 51.9 Å². The monoisotopic (exact) mass is 564 g/mol. The van der Waals surface area contributed by atoms with Crippen LogP contribution in [-0.4, -0.2) is 46.2 Å². The van der Waals surface area contributed by atoms with E-state index in [2.05, 4.69) is 10.5 Å². The molecule has 1 N–H and O–H groups in total. The van der Waals surface area contributed by atoms with Crippen LogP contribution in [0.1, 0.15) is 64.7 Å². The van der Waals surface area contributed by atoms with Gasteiger partial charge in [0.05, 0.1) is 11.8 Å². The number of carbonyl (C=O) groups is 2. The van der Waals surface area contributed by atoms with E-state index in [9.17, 15) is 23.2 Å². The number of halogens is 2. The van der Waals surface area contributed by atoms with Crippen LogP contribution in [0.25, 0.3) is 0 Å². The quantitative estimate of drug-likeness (QED) is 0.484. The van der Waals surface area contributed by atoms with E-state index >= 15 is 0 Å². The van der Waals surface area contributed by atoms with Crippen molar-refractivity contribution in [1.29, 1.82) is 0 Å². The highest BCUT2D eigenvalue weighted by Crippen LogP contribution is 2.32. The fourth-order valence-electron chi connectivity index (χ4n) is 5.06. The van der Waals surface area contributed by atoms with E-state index in [0.717, 1.165) is 17.7 Å². The van der Waals surface area contributed by atoms with Gasteiger partial charge < -0.3 is 24.4 Å². The first kappa shape index (κ1) is 28.0. The molecule has 0 saturated carbocycles. The minimum Gasteiger partial charge on any atom is -0.483 e. The number of nitrogens with one attached hydrogen (secondary N) is 1. The molecule has 3 aromatic rings. The summed E-state index contributed by atoms with van der Waals surface area (Å²) in [5, 5.41) is 6.71. The summed E-state index contributed by atoms with van der Waals surface area (Å²) in [5.41, 5.74) is 0.546. The molecule has 9 nitrogen and oxygen atoms in total. The smallest absolute Gasteiger partial charge is 0.274 e. The first-order chi connectivity index (χ1) is 19.7. The molecule has 41 heavy (non-hydrogen) atoms. The van der Waals surface area contributed by atoms with Crippen molar-refractivity contribution in [1.82, 2.24) is 14.8 Å². The molecule has 0 unspecified atom stereocenters. The number of carbonyl (C=O) groups excluding carboxylic acids is 2. The average Bonchev–Trinajstić information content (AvgIpc) is 2.95. The maximum atomic E-state index is 14.2. The fourth-order valence-corrected chi connectivity index (χ4v) is 5.06. The van der Waals surface area contributed by atoms with Gasteiger partial charge in [-0.05, 0) is 25.5 Å². The molecule has 3 heterocycles. The van der Waals surface area contributed by atoms with Gasteiger partial charge in [-0.1, -0.05) is 41.6 Å². The van der Waals surface area contributed by atoms with Crippen molar-refractivity contribution in [3.63, 3.8) is 0 Å². The Balaban J connectivity index is 1.58. The van der Waals surface area contributed by atoms with Crippen molar-refractivity contribution < 1.29 is 27.9 Å². The second kappa shape index (κ2) is 11.9. The van der Waals surface area contributed by atoms with Crippen LogP contribution in [0.4, 0.5) is 8.78 Å². The van der Waals surface area contributed by atoms with Crippen molar-refractivity contribution in [2.75, 3.05) is 13.2 Å². The first-order valence-electron chi connectivity index (χ1n) is 13.4. The SMILES string of the molecule is C/C1=N/OCC[C@H](C)N2C[C@H](C1)n1cc(C(=O)NCc3ccc(F)cc3F)c(=O)c(OCc3ccccc3)c1C2=O. The van der Waals surface area contributed by atoms with Crippen molar-refractivity contribution >= 4 is 17.5 Å². The summed E-state index contributed by atoms with van der Waals surface area (Å²) in [4.78, 5) is 48.1. The predicted molar refractivity (Wildman–Crippen MR) is 147 cm³/mol. The minimum atomic E-state index is -0.822. The van der Waals surface area contributed by atoms with E-state index < -0.39 is 23.0 Å². The standard InChI is InChI=1S/C30H30F2N4O5/c1-18-12-23-15-35(19(2)10-11-41-34-18)30(39)26-28(40-17-20-6-4-3-5-7-20)27(37)24(16-36(23)26)29(38)33-14-21-8-9-22(31)13-25(21)32/h3-9,13,16,19,23H,10-12,14-15,17H2,1-2H3,(H,33,38)/b34-18-/t19-,23-/m0/s1. The number of aromatic nitrogens is 1. The Kier molecular flexibility index (Phi) is 8.14. The van der Waals surface area contributed by atoms with Crippen molar-refractivity contribution in [2.24, 2.45) is 5.16 Å². The Bertz CT molecular complexity index is 1560. The first-order valence-corrected chi connectivity index (χ1v) is 13.4. The van der Waals surface area contributed by atoms with Crippen molar-refractivity contribution in [3.8, 4) is 5.75 Å². The average molecular weight is 565 g/mol. The number of hydrogen-bond acceptors (Lipinski definition) is 6. The zero-order chi connectivity index (χ0) is 29.1. The summed E-state index contributed by atoms with van der Waals surface area (Å²) in [6.07, 6.45) is 2.29. The Morgan fingerprint density at radius 3 is 2.71 bits per heavy atom. The molecule has 0 saturated heterocycles. The van der Waals surface area contributed by atoms with Crippen LogP contribution in [0.15, 0.2) is 64.7 Å². The van der Waals surface area contributed by atoms with Crippen LogP contribution in [0.2, 0.25) is 0 Å². The summed E-state index contributed by atoms with van der Waals surface area (Å²) in [5.74, 6) is -2.96. The van der Waals surface area contributed by atoms with Gasteiger partial charge >= 0.3 is 0 Å². The van der Waals surface area contributed by atoms with E-state index in [4.69, 9.17) is 9.57 Å². The second-order valence-corrected chi connectivity index (χ2v) is 10.3. The van der Waals surface area contributed by atoms with Gasteiger partial charge in [0.1, 0.15) is 30.4 Å². The van der Waals surface area contributed by atoms with Crippen LogP contribution >= 0.6 is 0 Å². The minimum absolute atomic E-state index is 0.00320. The van der Waals surface area contributed by atoms with Crippen LogP contribution in [0.3, 0.4) is 0 Å². The summed E-state index contributed by atoms with van der Waals surface area (Å²) in [6, 6.07) is 11.6. The topological polar surface area (TPSA) is 102 Å². The maximum Gasteiger partial charge on any atom is 0.274 e. The number of nitrogens with zero attached hydrogens (tertiary/aromatic N) is 3. The molecule has 1 aromatic heterocycles. The molecule has 2 amide bonds. The van der Waals surface area contributed by atoms with Gasteiger partial charge in [-0.3, -0.25) is 14.4 Å². The molecule has 2 bridgehead atoms. The lowest BCUT2D eigenvalue weighted by Gasteiger charge is -2.40. The third-order valence-electron chi connectivity index (χ3n) is 7.29. The fraction of sp³-hybridized carbons (Fsp3) is 0.333. The molecule has 2 aromatic carbocycles. The number of fused-ring (bicyclic) bond motifs is 4. The summed E-state index contributed by atoms with van der Waals surface area (Å²) < 4.78 is 35.1. The van der Waals surface area contributed by atoms with E-state index in [-0.39, 0.29) is 53.7 Å². The van der Waals surface area contributed by atoms with Gasteiger partial charge in [0.2, 0.25) is 5.43 Å². The molecule has 2 aliphatic heterocycles. The highest BCUT2D eigenvalue weighted by Gasteiger charge is 2.38. The van der Waals surface area contributed by atoms with Crippen molar-refractivity contribution in [3.05, 3.63) is 99.0 Å². The lowest BCUT2D eigenvalue weighted by atomic mass is 10.0. The molecular weight excluding hydrogens is 534 g/mol. The number of rotatable bonds is 6. The second-order valence-electron chi connectivity index (χ2n) is 10.3. The van der Waals surface area contributed by atoms with Gasteiger partial charge in [-0.15, -0.1) is 0 Å². The number of benzene rings is 2. The zero-order valence-corrected chi connectivity index (χ0v) is 22.7. The van der Waals surface area contributed by atoms with Gasteiger partial charge in [-0.2, -0.15) is 0 Å². The summed E-state index contributed by atoms with van der Waals surface area (Å²) in [7, 11) is 0. The molecule has 0 spiro atoms. The van der Waals surface area contributed by atoms with Crippen LogP contribution < -0.4 is 15.5 Å². The molecule has 2 aliphatic rings. The number of ether oxygens (including phenoxy) is 1. The lowest BCUT2D eigenvalue weighted by Crippen LogP contribution is -2.50. The highest BCUT2D eigenvalue weighted by molar-refractivity contribution is 5.99. The van der Waals surface area contributed by atoms with Gasteiger partial charge in [0.25, 0.3) is 11.8 Å². The predicted octanol–water partition coefficient (Wildman–Crippen LogP) is 4.21. The Hall–Kier alpha value is -4.54. The Morgan fingerprint density at radius 2 is 1.95 bits per heavy atom. The van der Waals surface area contributed by atoms with Gasteiger partial charge in [0, 0.05) is 49.8 Å². The van der Waals surface area contributed by atoms with E-state index in [1.54, 1.807) is 9.47 Å². The zero-order valence-electron chi connectivity index (χ0n) is 22.7. The van der Waals surface area contributed by atoms with Crippen LogP contribution in [-0.2, 0) is 18.0 Å². The number of amides is 2. The summed E-state index contributed by atoms with van der Waals surface area (Å²) >= 11 is 0. The lowest BCUT2D eigenvalue weighted by molar-refractivity contribution is 0.0494. The van der Waals surface area contributed by atoms with Gasteiger partial charge in [-0.25, -0.2) is 8.78 Å². The van der Waals surface area contributed by atoms with Crippen LogP contribution in [0.5, 0.6) is 5.75 Å². The third-order valence-corrected chi connectivity index (χ3v) is 7.29. The van der Waals surface area contributed by atoms with E-state index in [1.807, 2.05) is 44.2 Å². The molecule has 0 fully saturated rings. The number of hydrogen-bond donors (Lipinski definition) is 1. The molecule has 11 heteroatoms. The molecule has 2 atom stereocenters. The molecular formula is C30H30F2N4O5. The van der Waals surface area contributed by atoms with Crippen LogP contribution in [0, 0.1) is 11.6 Å². The normalized spacial score (nSPS) is 19.9. The van der Waals surface area contributed by atoms with E-state index in [0.29, 0.717) is 31.7 Å². The molecule has 214 valence electrons. The number of oxime groups is 1. The molecule has 0 aliphatic carbocycles. The third kappa shape index (κ3) is 5.98. The number of pyridine rings is 1. The molecule has 5 rings (SSSR count). The molecule has 0 radical (unpaired) electrons. The highest BCUT2D eigenvalue weighted by atomic mass is 19.1. The Labute approximate surface area is 235 Å². The van der Waals surface area contributed by atoms with E-state index in [1.165, 1.54) is 12.3 Å².